The zero-order valence-corrected chi connectivity index (χ0v) is 9.10. The van der Waals surface area contributed by atoms with Crippen LogP contribution in [0.1, 0.15) is 12.5 Å². The maximum Gasteiger partial charge on any atom is 0.223 e. The fraction of sp³-hybridized carbons (Fsp3) is 0.154. The molecule has 0 aliphatic carbocycles. The van der Waals surface area contributed by atoms with E-state index in [1.165, 1.54) is 11.8 Å². The summed E-state index contributed by atoms with van der Waals surface area (Å²) in [5.74, 6) is 0.00658. The number of hydrogen-bond donors (Lipinski definition) is 0. The van der Waals surface area contributed by atoms with Gasteiger partial charge in [-0.15, -0.1) is 0 Å². The van der Waals surface area contributed by atoms with Gasteiger partial charge in [-0.2, -0.15) is 0 Å². The molecular weight excluding hydrogens is 186 g/mol. The number of amides is 1. The van der Waals surface area contributed by atoms with Gasteiger partial charge >= 0.3 is 0 Å². The van der Waals surface area contributed by atoms with Crippen molar-refractivity contribution in [3.8, 4) is 0 Å². The van der Waals surface area contributed by atoms with Gasteiger partial charge in [-0.3, -0.25) is 4.79 Å². The predicted octanol–water partition coefficient (Wildman–Crippen LogP) is 2.69. The molecule has 0 aliphatic heterocycles. The van der Waals surface area contributed by atoms with Crippen LogP contribution < -0.4 is 0 Å². The molecule has 0 fully saturated rings. The second-order valence-electron chi connectivity index (χ2n) is 3.34. The van der Waals surface area contributed by atoms with Crippen LogP contribution in [0.4, 0.5) is 0 Å². The van der Waals surface area contributed by atoms with Crippen molar-refractivity contribution in [3.05, 3.63) is 54.8 Å². The van der Waals surface area contributed by atoms with Crippen molar-refractivity contribution >= 4 is 11.5 Å². The summed E-state index contributed by atoms with van der Waals surface area (Å²) in [5.41, 5.74) is 1.95. The van der Waals surface area contributed by atoms with Gasteiger partial charge in [-0.05, 0) is 17.2 Å². The Morgan fingerprint density at radius 1 is 1.33 bits per heavy atom. The van der Waals surface area contributed by atoms with Gasteiger partial charge in [0, 0.05) is 20.2 Å². The molecule has 1 aromatic carbocycles. The first kappa shape index (κ1) is 11.2. The first-order chi connectivity index (χ1) is 7.11. The Labute approximate surface area is 90.5 Å². The van der Waals surface area contributed by atoms with Crippen molar-refractivity contribution in [2.45, 2.75) is 6.92 Å². The number of hydrogen-bond acceptors (Lipinski definition) is 1. The highest BCUT2D eigenvalue weighted by Crippen LogP contribution is 2.12. The standard InChI is InChI=1S/C13H15NO/c1-11(9-10-14(3)12(2)15)13-7-5-4-6-8-13/h4-10H,1H2,2-3H3/b10-9-. The lowest BCUT2D eigenvalue weighted by Crippen LogP contribution is -2.16. The third-order valence-electron chi connectivity index (χ3n) is 2.14. The molecule has 15 heavy (non-hydrogen) atoms. The first-order valence-electron chi connectivity index (χ1n) is 4.77. The molecule has 0 spiro atoms. The second-order valence-corrected chi connectivity index (χ2v) is 3.34. The maximum absolute atomic E-state index is 10.9. The Morgan fingerprint density at radius 2 is 1.93 bits per heavy atom. The average Bonchev–Trinajstić information content (AvgIpc) is 2.26. The molecule has 0 aromatic heterocycles. The number of allylic oxidation sites excluding steroid dienone is 2. The third-order valence-corrected chi connectivity index (χ3v) is 2.14. The van der Waals surface area contributed by atoms with Crippen molar-refractivity contribution in [1.82, 2.24) is 4.90 Å². The monoisotopic (exact) mass is 201 g/mol. The van der Waals surface area contributed by atoms with Crippen LogP contribution in [0.15, 0.2) is 49.2 Å². The lowest BCUT2D eigenvalue weighted by atomic mass is 10.1. The van der Waals surface area contributed by atoms with Gasteiger partial charge in [-0.25, -0.2) is 0 Å². The van der Waals surface area contributed by atoms with Crippen molar-refractivity contribution in [2.75, 3.05) is 7.05 Å². The molecule has 1 rings (SSSR count). The van der Waals surface area contributed by atoms with Crippen LogP contribution in [-0.4, -0.2) is 17.9 Å². The lowest BCUT2D eigenvalue weighted by Gasteiger charge is -2.08. The Morgan fingerprint density at radius 3 is 2.47 bits per heavy atom. The summed E-state index contributed by atoms with van der Waals surface area (Å²) in [6, 6.07) is 9.86. The fourth-order valence-corrected chi connectivity index (χ4v) is 1.06. The normalized spacial score (nSPS) is 10.3. The Balaban J connectivity index is 2.68. The zero-order chi connectivity index (χ0) is 11.3. The summed E-state index contributed by atoms with van der Waals surface area (Å²) < 4.78 is 0. The molecule has 1 aromatic rings. The summed E-state index contributed by atoms with van der Waals surface area (Å²) in [5, 5.41) is 0. The summed E-state index contributed by atoms with van der Waals surface area (Å²) in [4.78, 5) is 12.5. The van der Waals surface area contributed by atoms with Crippen molar-refractivity contribution in [1.29, 1.82) is 0 Å². The maximum atomic E-state index is 10.9. The van der Waals surface area contributed by atoms with E-state index in [4.69, 9.17) is 0 Å². The predicted molar refractivity (Wildman–Crippen MR) is 63.1 cm³/mol. The number of carbonyl (C=O) groups excluding carboxylic acids is 1. The summed E-state index contributed by atoms with van der Waals surface area (Å²) in [6.45, 7) is 5.45. The van der Waals surface area contributed by atoms with Crippen molar-refractivity contribution in [3.63, 3.8) is 0 Å². The Bertz CT molecular complexity index is 379. The largest absolute Gasteiger partial charge is 0.322 e. The molecule has 0 saturated carbocycles. The number of carbonyl (C=O) groups is 1. The minimum Gasteiger partial charge on any atom is -0.322 e. The van der Waals surface area contributed by atoms with Crippen molar-refractivity contribution in [2.24, 2.45) is 0 Å². The summed E-state index contributed by atoms with van der Waals surface area (Å²) >= 11 is 0. The molecular formula is C13H15NO. The van der Waals surface area contributed by atoms with E-state index in [9.17, 15) is 4.79 Å². The van der Waals surface area contributed by atoms with E-state index >= 15 is 0 Å². The summed E-state index contributed by atoms with van der Waals surface area (Å²) in [6.07, 6.45) is 3.55. The van der Waals surface area contributed by atoms with Crippen LogP contribution in [-0.2, 0) is 4.79 Å². The van der Waals surface area contributed by atoms with Gasteiger partial charge in [-0.1, -0.05) is 36.9 Å². The SMILES string of the molecule is C=C(/C=C\N(C)C(C)=O)c1ccccc1. The molecule has 0 bridgehead atoms. The quantitative estimate of drug-likeness (QED) is 0.688. The molecule has 0 unspecified atom stereocenters. The minimum atomic E-state index is 0.00658. The molecule has 0 heterocycles. The highest BCUT2D eigenvalue weighted by molar-refractivity contribution is 5.76. The van der Waals surface area contributed by atoms with Crippen LogP contribution in [0.2, 0.25) is 0 Å². The lowest BCUT2D eigenvalue weighted by molar-refractivity contribution is -0.125. The fourth-order valence-electron chi connectivity index (χ4n) is 1.06. The van der Waals surface area contributed by atoms with Crippen LogP contribution in [0, 0.1) is 0 Å². The number of benzene rings is 1. The molecule has 78 valence electrons. The van der Waals surface area contributed by atoms with E-state index in [0.717, 1.165) is 11.1 Å². The molecule has 0 radical (unpaired) electrons. The second kappa shape index (κ2) is 5.15. The van der Waals surface area contributed by atoms with E-state index in [1.807, 2.05) is 36.4 Å². The van der Waals surface area contributed by atoms with Gasteiger partial charge in [0.15, 0.2) is 0 Å². The van der Waals surface area contributed by atoms with E-state index in [-0.39, 0.29) is 5.91 Å². The third kappa shape index (κ3) is 3.43. The highest BCUT2D eigenvalue weighted by Gasteiger charge is 1.97. The van der Waals surface area contributed by atoms with E-state index in [1.54, 1.807) is 13.2 Å². The topological polar surface area (TPSA) is 20.3 Å². The van der Waals surface area contributed by atoms with Crippen molar-refractivity contribution < 1.29 is 4.79 Å². The number of rotatable bonds is 3. The molecule has 2 nitrogen and oxygen atoms in total. The van der Waals surface area contributed by atoms with Gasteiger partial charge in [0.2, 0.25) is 5.91 Å². The smallest absolute Gasteiger partial charge is 0.223 e. The Kier molecular flexibility index (Phi) is 3.86. The molecule has 0 atom stereocenters. The van der Waals surface area contributed by atoms with Crippen LogP contribution in [0.25, 0.3) is 5.57 Å². The minimum absolute atomic E-state index is 0.00658. The highest BCUT2D eigenvalue weighted by atomic mass is 16.2. The van der Waals surface area contributed by atoms with Crippen LogP contribution in [0.3, 0.4) is 0 Å². The van der Waals surface area contributed by atoms with Crippen LogP contribution >= 0.6 is 0 Å². The van der Waals surface area contributed by atoms with E-state index in [2.05, 4.69) is 6.58 Å². The van der Waals surface area contributed by atoms with Gasteiger partial charge in [0.05, 0.1) is 0 Å². The van der Waals surface area contributed by atoms with Gasteiger partial charge in [0.1, 0.15) is 0 Å². The molecule has 0 saturated heterocycles. The first-order valence-corrected chi connectivity index (χ1v) is 4.77. The van der Waals surface area contributed by atoms with Crippen LogP contribution in [0.5, 0.6) is 0 Å². The van der Waals surface area contributed by atoms with E-state index in [0.29, 0.717) is 0 Å². The average molecular weight is 201 g/mol. The number of nitrogens with zero attached hydrogens (tertiary/aromatic N) is 1. The molecule has 1 amide bonds. The summed E-state index contributed by atoms with van der Waals surface area (Å²) in [7, 11) is 1.72. The van der Waals surface area contributed by atoms with E-state index < -0.39 is 0 Å². The molecule has 0 aliphatic rings. The van der Waals surface area contributed by atoms with Gasteiger partial charge in [0.25, 0.3) is 0 Å². The zero-order valence-electron chi connectivity index (χ0n) is 9.10. The van der Waals surface area contributed by atoms with Gasteiger partial charge < -0.3 is 4.90 Å². The molecule has 2 heteroatoms. The molecule has 0 N–H and O–H groups in total. The Hall–Kier alpha value is -1.83.